The van der Waals surface area contributed by atoms with Crippen molar-refractivity contribution in [3.63, 3.8) is 0 Å². The number of carbonyl (C=O) groups is 1. The van der Waals surface area contributed by atoms with Crippen LogP contribution in [0.15, 0.2) is 18.3 Å². The molecular formula is C11H17N3O4S. The Hall–Kier alpha value is -1.51. The second-order valence-electron chi connectivity index (χ2n) is 3.77. The number of nitrogens with one attached hydrogen (secondary N) is 1. The van der Waals surface area contributed by atoms with Gasteiger partial charge in [0.15, 0.2) is 0 Å². The van der Waals surface area contributed by atoms with Gasteiger partial charge in [-0.3, -0.25) is 0 Å². The van der Waals surface area contributed by atoms with Crippen LogP contribution in [0.4, 0.5) is 0 Å². The van der Waals surface area contributed by atoms with E-state index < -0.39 is 16.2 Å². The third kappa shape index (κ3) is 4.27. The Bertz CT molecular complexity index is 523. The van der Waals surface area contributed by atoms with Gasteiger partial charge in [0, 0.05) is 25.8 Å². The zero-order valence-electron chi connectivity index (χ0n) is 10.8. The van der Waals surface area contributed by atoms with Crippen molar-refractivity contribution >= 4 is 16.2 Å². The van der Waals surface area contributed by atoms with E-state index in [1.54, 1.807) is 13.8 Å². The van der Waals surface area contributed by atoms with Gasteiger partial charge in [0.1, 0.15) is 5.69 Å². The fourth-order valence-electron chi connectivity index (χ4n) is 1.48. The maximum absolute atomic E-state index is 11.8. The van der Waals surface area contributed by atoms with Crippen molar-refractivity contribution in [2.75, 3.05) is 13.1 Å². The van der Waals surface area contributed by atoms with Crippen molar-refractivity contribution in [3.05, 3.63) is 29.6 Å². The molecule has 2 N–H and O–H groups in total. The molecule has 0 saturated heterocycles. The zero-order valence-corrected chi connectivity index (χ0v) is 11.6. The molecular weight excluding hydrogens is 270 g/mol. The van der Waals surface area contributed by atoms with Crippen LogP contribution in [0.1, 0.15) is 29.9 Å². The van der Waals surface area contributed by atoms with Crippen molar-refractivity contribution in [3.8, 4) is 0 Å². The molecule has 1 aromatic heterocycles. The molecule has 1 rings (SSSR count). The Morgan fingerprint density at radius 3 is 2.42 bits per heavy atom. The van der Waals surface area contributed by atoms with Crippen LogP contribution in [-0.4, -0.2) is 41.9 Å². The topological polar surface area (TPSA) is 99.6 Å². The lowest BCUT2D eigenvalue weighted by molar-refractivity contribution is 0.0690. The highest BCUT2D eigenvalue weighted by Gasteiger charge is 2.17. The first-order valence-corrected chi connectivity index (χ1v) is 7.27. The standard InChI is InChI=1S/C11H17N3O4S/c1-3-14(4-2)19(17,18)13-8-9-5-6-10(11(15)16)12-7-9/h5-7,13H,3-4,8H2,1-2H3,(H,15,16). The molecule has 0 fully saturated rings. The highest BCUT2D eigenvalue weighted by Crippen LogP contribution is 2.03. The Kier molecular flexibility index (Phi) is 5.40. The summed E-state index contributed by atoms with van der Waals surface area (Å²) in [6.07, 6.45) is 1.34. The van der Waals surface area contributed by atoms with Crippen molar-refractivity contribution in [2.24, 2.45) is 0 Å². The first kappa shape index (κ1) is 15.5. The summed E-state index contributed by atoms with van der Waals surface area (Å²) in [5.74, 6) is -1.12. The summed E-state index contributed by atoms with van der Waals surface area (Å²) >= 11 is 0. The molecule has 1 aromatic rings. The van der Waals surface area contributed by atoms with Crippen LogP contribution in [0.3, 0.4) is 0 Å². The lowest BCUT2D eigenvalue weighted by Crippen LogP contribution is -2.40. The fraction of sp³-hybridized carbons (Fsp3) is 0.455. The van der Waals surface area contributed by atoms with E-state index in [9.17, 15) is 13.2 Å². The molecule has 0 bridgehead atoms. The largest absolute Gasteiger partial charge is 0.477 e. The van der Waals surface area contributed by atoms with Gasteiger partial charge >= 0.3 is 5.97 Å². The van der Waals surface area contributed by atoms with Crippen LogP contribution in [0, 0.1) is 0 Å². The molecule has 19 heavy (non-hydrogen) atoms. The molecule has 0 atom stereocenters. The van der Waals surface area contributed by atoms with E-state index in [1.807, 2.05) is 0 Å². The number of hydrogen-bond donors (Lipinski definition) is 2. The number of pyridine rings is 1. The smallest absolute Gasteiger partial charge is 0.354 e. The SMILES string of the molecule is CCN(CC)S(=O)(=O)NCc1ccc(C(=O)O)nc1. The lowest BCUT2D eigenvalue weighted by atomic mass is 10.2. The highest BCUT2D eigenvalue weighted by atomic mass is 32.2. The van der Waals surface area contributed by atoms with Crippen LogP contribution in [0.25, 0.3) is 0 Å². The minimum Gasteiger partial charge on any atom is -0.477 e. The van der Waals surface area contributed by atoms with Gasteiger partial charge in [-0.15, -0.1) is 0 Å². The van der Waals surface area contributed by atoms with E-state index in [2.05, 4.69) is 9.71 Å². The van der Waals surface area contributed by atoms with Crippen molar-refractivity contribution in [2.45, 2.75) is 20.4 Å². The van der Waals surface area contributed by atoms with Gasteiger partial charge in [0.25, 0.3) is 10.2 Å². The lowest BCUT2D eigenvalue weighted by Gasteiger charge is -2.18. The molecule has 106 valence electrons. The number of rotatable bonds is 7. The molecule has 0 aliphatic heterocycles. The number of hydrogen-bond acceptors (Lipinski definition) is 4. The maximum atomic E-state index is 11.8. The summed E-state index contributed by atoms with van der Waals surface area (Å²) in [4.78, 5) is 14.3. The molecule has 0 amide bonds. The van der Waals surface area contributed by atoms with Crippen molar-refractivity contribution in [1.29, 1.82) is 0 Å². The van der Waals surface area contributed by atoms with Crippen LogP contribution in [0.2, 0.25) is 0 Å². The quantitative estimate of drug-likeness (QED) is 0.758. The Balaban J connectivity index is 2.69. The summed E-state index contributed by atoms with van der Waals surface area (Å²) in [6, 6.07) is 2.87. The van der Waals surface area contributed by atoms with E-state index in [0.29, 0.717) is 18.7 Å². The van der Waals surface area contributed by atoms with Crippen molar-refractivity contribution in [1.82, 2.24) is 14.0 Å². The summed E-state index contributed by atoms with van der Waals surface area (Å²) in [7, 11) is -3.51. The monoisotopic (exact) mass is 287 g/mol. The molecule has 0 saturated carbocycles. The fourth-order valence-corrected chi connectivity index (χ4v) is 2.70. The maximum Gasteiger partial charge on any atom is 0.354 e. The Morgan fingerprint density at radius 1 is 1.37 bits per heavy atom. The van der Waals surface area contributed by atoms with E-state index in [1.165, 1.54) is 22.6 Å². The zero-order chi connectivity index (χ0) is 14.5. The van der Waals surface area contributed by atoms with Crippen molar-refractivity contribution < 1.29 is 18.3 Å². The van der Waals surface area contributed by atoms with Gasteiger partial charge in [-0.1, -0.05) is 19.9 Å². The summed E-state index contributed by atoms with van der Waals surface area (Å²) in [5.41, 5.74) is 0.524. The van der Waals surface area contributed by atoms with Gasteiger partial charge in [0.05, 0.1) is 0 Å². The normalized spacial score (nSPS) is 11.7. The molecule has 0 aliphatic carbocycles. The molecule has 1 heterocycles. The minimum atomic E-state index is -3.51. The molecule has 8 heteroatoms. The Morgan fingerprint density at radius 2 is 2.00 bits per heavy atom. The Labute approximate surface area is 112 Å². The highest BCUT2D eigenvalue weighted by molar-refractivity contribution is 7.87. The minimum absolute atomic E-state index is 0.0737. The number of aromatic nitrogens is 1. The predicted octanol–water partition coefficient (Wildman–Crippen LogP) is 0.456. The van der Waals surface area contributed by atoms with Crippen LogP contribution in [0.5, 0.6) is 0 Å². The van der Waals surface area contributed by atoms with E-state index in [0.717, 1.165) is 0 Å². The number of aromatic carboxylic acids is 1. The van der Waals surface area contributed by atoms with Gasteiger partial charge in [-0.05, 0) is 11.6 Å². The summed E-state index contributed by atoms with van der Waals surface area (Å²) in [6.45, 7) is 4.37. The van der Waals surface area contributed by atoms with Gasteiger partial charge in [0.2, 0.25) is 0 Å². The van der Waals surface area contributed by atoms with E-state index in [-0.39, 0.29) is 12.2 Å². The molecule has 7 nitrogen and oxygen atoms in total. The van der Waals surface area contributed by atoms with E-state index in [4.69, 9.17) is 5.11 Å². The number of carboxylic acid groups (broad SMARTS) is 1. The summed E-state index contributed by atoms with van der Waals surface area (Å²) < 4.78 is 27.4. The van der Waals surface area contributed by atoms with Crippen LogP contribution >= 0.6 is 0 Å². The number of carboxylic acids is 1. The predicted molar refractivity (Wildman–Crippen MR) is 69.9 cm³/mol. The van der Waals surface area contributed by atoms with Crippen LogP contribution in [-0.2, 0) is 16.8 Å². The first-order valence-electron chi connectivity index (χ1n) is 5.83. The third-order valence-corrected chi connectivity index (χ3v) is 4.25. The second-order valence-corrected chi connectivity index (χ2v) is 5.52. The second kappa shape index (κ2) is 6.60. The third-order valence-electron chi connectivity index (χ3n) is 2.55. The number of nitrogens with zero attached hydrogens (tertiary/aromatic N) is 2. The molecule has 0 radical (unpaired) electrons. The molecule has 0 aromatic carbocycles. The van der Waals surface area contributed by atoms with Gasteiger partial charge < -0.3 is 5.11 Å². The summed E-state index contributed by atoms with van der Waals surface area (Å²) in [5, 5.41) is 8.69. The molecule has 0 aliphatic rings. The van der Waals surface area contributed by atoms with Gasteiger partial charge in [-0.2, -0.15) is 17.4 Å². The van der Waals surface area contributed by atoms with E-state index >= 15 is 0 Å². The van der Waals surface area contributed by atoms with Gasteiger partial charge in [-0.25, -0.2) is 9.78 Å². The average Bonchev–Trinajstić information content (AvgIpc) is 2.38. The average molecular weight is 287 g/mol. The van der Waals surface area contributed by atoms with Crippen LogP contribution < -0.4 is 4.72 Å². The molecule has 0 spiro atoms. The first-order chi connectivity index (χ1) is 8.90. The molecule has 0 unspecified atom stereocenters.